The molecule has 3 heterocycles. The van der Waals surface area contributed by atoms with Crippen LogP contribution in [0.2, 0.25) is 5.15 Å². The molecule has 0 aliphatic rings. The van der Waals surface area contributed by atoms with Crippen molar-refractivity contribution in [3.05, 3.63) is 64.6 Å². The minimum absolute atomic E-state index is 0.186. The highest BCUT2D eigenvalue weighted by atomic mass is 35.5. The zero-order chi connectivity index (χ0) is 17.2. The SMILES string of the molecule is O=C(NCc1nc2ccccc2[nH]1)c1sc(-c2cccnc2)nc1Cl. The predicted octanol–water partition coefficient (Wildman–Crippen LogP) is 3.66. The number of aromatic nitrogens is 4. The number of amides is 1. The Morgan fingerprint density at radius 2 is 2.08 bits per heavy atom. The normalized spacial score (nSPS) is 10.9. The van der Waals surface area contributed by atoms with Gasteiger partial charge < -0.3 is 10.3 Å². The molecule has 1 amide bonds. The number of carbonyl (C=O) groups is 1. The lowest BCUT2D eigenvalue weighted by molar-refractivity contribution is 0.0954. The molecule has 6 nitrogen and oxygen atoms in total. The second-order valence-electron chi connectivity index (χ2n) is 5.26. The summed E-state index contributed by atoms with van der Waals surface area (Å²) in [6.45, 7) is 0.282. The van der Waals surface area contributed by atoms with E-state index in [4.69, 9.17) is 11.6 Å². The van der Waals surface area contributed by atoms with Crippen LogP contribution in [0.4, 0.5) is 0 Å². The number of thiazole rings is 1. The summed E-state index contributed by atoms with van der Waals surface area (Å²) in [6.07, 6.45) is 3.37. The Labute approximate surface area is 151 Å². The van der Waals surface area contributed by atoms with Crippen molar-refractivity contribution >= 4 is 39.9 Å². The predicted molar refractivity (Wildman–Crippen MR) is 97.6 cm³/mol. The summed E-state index contributed by atoms with van der Waals surface area (Å²) in [4.78, 5) is 28.7. The number of hydrogen-bond donors (Lipinski definition) is 2. The largest absolute Gasteiger partial charge is 0.344 e. The van der Waals surface area contributed by atoms with Gasteiger partial charge in [0.25, 0.3) is 5.91 Å². The molecule has 2 N–H and O–H groups in total. The molecule has 1 aromatic carbocycles. The standard InChI is InChI=1S/C17H12ClN5OS/c18-15-14(25-17(23-15)10-4-3-7-19-8-10)16(24)20-9-13-21-11-5-1-2-6-12(11)22-13/h1-8H,9H2,(H,20,24)(H,21,22). The summed E-state index contributed by atoms with van der Waals surface area (Å²) in [5.41, 5.74) is 2.62. The van der Waals surface area contributed by atoms with Crippen LogP contribution in [0.3, 0.4) is 0 Å². The summed E-state index contributed by atoms with van der Waals surface area (Å²) in [5.74, 6) is 0.403. The molecular formula is C17H12ClN5OS. The van der Waals surface area contributed by atoms with Crippen LogP contribution >= 0.6 is 22.9 Å². The third kappa shape index (κ3) is 3.24. The van der Waals surface area contributed by atoms with Gasteiger partial charge in [-0.3, -0.25) is 9.78 Å². The van der Waals surface area contributed by atoms with Crippen LogP contribution in [0, 0.1) is 0 Å². The number of pyridine rings is 1. The fraction of sp³-hybridized carbons (Fsp3) is 0.0588. The maximum atomic E-state index is 12.4. The molecule has 0 fully saturated rings. The van der Waals surface area contributed by atoms with Crippen molar-refractivity contribution in [1.82, 2.24) is 25.3 Å². The smallest absolute Gasteiger partial charge is 0.264 e. The monoisotopic (exact) mass is 369 g/mol. The minimum atomic E-state index is -0.280. The van der Waals surface area contributed by atoms with E-state index in [1.54, 1.807) is 12.4 Å². The van der Waals surface area contributed by atoms with Gasteiger partial charge in [-0.15, -0.1) is 11.3 Å². The molecule has 0 aliphatic heterocycles. The Bertz CT molecular complexity index is 1010. The van der Waals surface area contributed by atoms with Gasteiger partial charge in [-0.2, -0.15) is 0 Å². The molecule has 3 aromatic heterocycles. The van der Waals surface area contributed by atoms with Gasteiger partial charge in [0.1, 0.15) is 15.7 Å². The Morgan fingerprint density at radius 3 is 2.88 bits per heavy atom. The van der Waals surface area contributed by atoms with E-state index in [-0.39, 0.29) is 17.6 Å². The van der Waals surface area contributed by atoms with Gasteiger partial charge in [-0.1, -0.05) is 23.7 Å². The molecule has 0 spiro atoms. The van der Waals surface area contributed by atoms with Gasteiger partial charge in [-0.05, 0) is 24.3 Å². The number of rotatable bonds is 4. The maximum absolute atomic E-state index is 12.4. The van der Waals surface area contributed by atoms with Crippen LogP contribution in [0.1, 0.15) is 15.5 Å². The number of H-pyrrole nitrogens is 1. The zero-order valence-corrected chi connectivity index (χ0v) is 14.4. The number of aromatic amines is 1. The van der Waals surface area contributed by atoms with E-state index in [9.17, 15) is 4.79 Å². The van der Waals surface area contributed by atoms with Crippen LogP contribution < -0.4 is 5.32 Å². The van der Waals surface area contributed by atoms with Gasteiger partial charge in [0.05, 0.1) is 17.6 Å². The number of halogens is 1. The van der Waals surface area contributed by atoms with Crippen molar-refractivity contribution in [2.24, 2.45) is 0 Å². The Morgan fingerprint density at radius 1 is 1.20 bits per heavy atom. The van der Waals surface area contributed by atoms with Gasteiger partial charge in [0, 0.05) is 18.0 Å². The van der Waals surface area contributed by atoms with Gasteiger partial charge >= 0.3 is 0 Å². The number of nitrogens with zero attached hydrogens (tertiary/aromatic N) is 3. The van der Waals surface area contributed by atoms with Crippen molar-refractivity contribution in [2.75, 3.05) is 0 Å². The van der Waals surface area contributed by atoms with Gasteiger partial charge in [0.15, 0.2) is 5.15 Å². The number of para-hydroxylation sites is 2. The summed E-state index contributed by atoms with van der Waals surface area (Å²) >= 11 is 7.37. The van der Waals surface area contributed by atoms with Crippen LogP contribution in [-0.4, -0.2) is 25.8 Å². The molecular weight excluding hydrogens is 358 g/mol. The van der Waals surface area contributed by atoms with Crippen LogP contribution in [-0.2, 0) is 6.54 Å². The molecule has 124 valence electrons. The Kier molecular flexibility index (Phi) is 4.17. The lowest BCUT2D eigenvalue weighted by Crippen LogP contribution is -2.22. The number of nitrogens with one attached hydrogen (secondary N) is 2. The van der Waals surface area contributed by atoms with E-state index < -0.39 is 0 Å². The fourth-order valence-electron chi connectivity index (χ4n) is 2.39. The van der Waals surface area contributed by atoms with Crippen LogP contribution in [0.5, 0.6) is 0 Å². The van der Waals surface area contributed by atoms with E-state index in [0.717, 1.165) is 16.6 Å². The number of benzene rings is 1. The molecule has 0 saturated heterocycles. The van der Waals surface area contributed by atoms with Crippen molar-refractivity contribution < 1.29 is 4.79 Å². The van der Waals surface area contributed by atoms with Crippen molar-refractivity contribution in [3.8, 4) is 10.6 Å². The third-order valence-corrected chi connectivity index (χ3v) is 5.04. The molecule has 0 radical (unpaired) electrons. The van der Waals surface area contributed by atoms with Crippen molar-refractivity contribution in [1.29, 1.82) is 0 Å². The molecule has 0 aliphatic carbocycles. The Balaban J connectivity index is 1.50. The van der Waals surface area contributed by atoms with E-state index in [1.165, 1.54) is 11.3 Å². The molecule has 8 heteroatoms. The molecule has 4 rings (SSSR count). The average Bonchev–Trinajstić information content (AvgIpc) is 3.23. The molecule has 4 aromatic rings. The van der Waals surface area contributed by atoms with E-state index in [1.807, 2.05) is 36.4 Å². The van der Waals surface area contributed by atoms with E-state index >= 15 is 0 Å². The number of carbonyl (C=O) groups excluding carboxylic acids is 1. The minimum Gasteiger partial charge on any atom is -0.344 e. The highest BCUT2D eigenvalue weighted by Crippen LogP contribution is 2.30. The third-order valence-electron chi connectivity index (χ3n) is 3.56. The quantitative estimate of drug-likeness (QED) is 0.575. The fourth-order valence-corrected chi connectivity index (χ4v) is 3.59. The zero-order valence-electron chi connectivity index (χ0n) is 12.9. The van der Waals surface area contributed by atoms with Crippen LogP contribution in [0.15, 0.2) is 48.8 Å². The topological polar surface area (TPSA) is 83.6 Å². The molecule has 0 saturated carbocycles. The first-order valence-corrected chi connectivity index (χ1v) is 8.69. The average molecular weight is 370 g/mol. The van der Waals surface area contributed by atoms with Gasteiger partial charge in [-0.25, -0.2) is 9.97 Å². The molecule has 0 atom stereocenters. The molecule has 0 unspecified atom stereocenters. The summed E-state index contributed by atoms with van der Waals surface area (Å²) < 4.78 is 0. The van der Waals surface area contributed by atoms with Gasteiger partial charge in [0.2, 0.25) is 0 Å². The molecule has 25 heavy (non-hydrogen) atoms. The summed E-state index contributed by atoms with van der Waals surface area (Å²) in [6, 6.07) is 11.4. The highest BCUT2D eigenvalue weighted by Gasteiger charge is 2.18. The van der Waals surface area contributed by atoms with Crippen molar-refractivity contribution in [2.45, 2.75) is 6.54 Å². The second-order valence-corrected chi connectivity index (χ2v) is 6.62. The number of fused-ring (bicyclic) bond motifs is 1. The first kappa shape index (κ1) is 15.7. The van der Waals surface area contributed by atoms with Crippen molar-refractivity contribution in [3.63, 3.8) is 0 Å². The lowest BCUT2D eigenvalue weighted by atomic mass is 10.3. The highest BCUT2D eigenvalue weighted by molar-refractivity contribution is 7.17. The molecule has 0 bridgehead atoms. The number of hydrogen-bond acceptors (Lipinski definition) is 5. The lowest BCUT2D eigenvalue weighted by Gasteiger charge is -2.00. The second kappa shape index (κ2) is 6.62. The summed E-state index contributed by atoms with van der Waals surface area (Å²) in [7, 11) is 0. The maximum Gasteiger partial charge on any atom is 0.264 e. The van der Waals surface area contributed by atoms with Crippen LogP contribution in [0.25, 0.3) is 21.6 Å². The van der Waals surface area contributed by atoms with E-state index in [2.05, 4.69) is 25.3 Å². The Hall–Kier alpha value is -2.77. The summed E-state index contributed by atoms with van der Waals surface area (Å²) in [5, 5.41) is 3.66. The first-order chi connectivity index (χ1) is 12.2. The van der Waals surface area contributed by atoms with E-state index in [0.29, 0.717) is 15.7 Å². The first-order valence-electron chi connectivity index (χ1n) is 7.49. The number of imidazole rings is 1.